The molecule has 1 aliphatic heterocycles. The van der Waals surface area contributed by atoms with Crippen molar-refractivity contribution in [3.05, 3.63) is 243 Å². The van der Waals surface area contributed by atoms with Crippen molar-refractivity contribution in [3.63, 3.8) is 0 Å². The zero-order valence-corrected chi connectivity index (χ0v) is 50.6. The summed E-state index contributed by atoms with van der Waals surface area (Å²) in [5.41, 5.74) is 17.5. The van der Waals surface area contributed by atoms with Crippen molar-refractivity contribution in [1.82, 2.24) is 4.98 Å². The summed E-state index contributed by atoms with van der Waals surface area (Å²) in [5.74, 6) is -0.343. The summed E-state index contributed by atoms with van der Waals surface area (Å²) in [7, 11) is 0. The van der Waals surface area contributed by atoms with Gasteiger partial charge in [0.25, 0.3) is 11.8 Å². The van der Waals surface area contributed by atoms with Crippen LogP contribution in [0.1, 0.15) is 141 Å². The zero-order chi connectivity index (χ0) is 59.1. The van der Waals surface area contributed by atoms with Gasteiger partial charge in [-0.2, -0.15) is 0 Å². The number of carbonyl (C=O) groups is 2. The standard InChI is InChI=1S/C81H67N3O2/c1-43(2)55-14-12-15-56(44(3)4)77(55)84-78(85)63-32-30-58-57-16-13-17-62-73(57)66(59-31-33-64(79(84)86)76(63)75(58)59)42-68-74(62)60-29-27-54(41-67(60)82-68)83(69-34-20-46-19-22-49-38-52(80(6,7)8)37-48(65(49)36-46)21-18-45(69)5)70-35-26-47-23-24-50-39-53(81(9,10)11)40-51-25-28-61(70)72(47)71(50)51/h12-35,37-44,82H,5,36H2,1-4,6-11H3/b21-18-,46-20-,69-34+. The normalized spacial score (nSPS) is 16.5. The van der Waals surface area contributed by atoms with Crippen molar-refractivity contribution in [2.45, 2.75) is 98.3 Å². The third-order valence-corrected chi connectivity index (χ3v) is 19.4. The molecule has 12 aromatic carbocycles. The highest BCUT2D eigenvalue weighted by Gasteiger charge is 2.38. The number of nitrogens with one attached hydrogen (secondary N) is 1. The Balaban J connectivity index is 0.903. The van der Waals surface area contributed by atoms with Crippen LogP contribution in [-0.2, 0) is 17.3 Å². The number of carbonyl (C=O) groups excluding carboxylic acids is 2. The number of H-pyrrole nitrogens is 1. The molecule has 1 aromatic heterocycles. The molecule has 2 aliphatic carbocycles. The zero-order valence-electron chi connectivity index (χ0n) is 50.6. The lowest BCUT2D eigenvalue weighted by molar-refractivity contribution is 0.0892. The second kappa shape index (κ2) is 18.2. The van der Waals surface area contributed by atoms with Gasteiger partial charge in [-0.1, -0.05) is 215 Å². The maximum atomic E-state index is 15.1. The number of nitrogens with zero attached hydrogens (tertiary/aromatic N) is 2. The van der Waals surface area contributed by atoms with E-state index in [-0.39, 0.29) is 34.5 Å². The predicted octanol–water partition coefficient (Wildman–Crippen LogP) is 21.7. The molecule has 5 nitrogen and oxygen atoms in total. The van der Waals surface area contributed by atoms with E-state index in [0.29, 0.717) is 11.1 Å². The first-order valence-corrected chi connectivity index (χ1v) is 30.6. The number of hydrogen-bond donors (Lipinski definition) is 1. The summed E-state index contributed by atoms with van der Waals surface area (Å²) in [4.78, 5) is 38.2. The maximum Gasteiger partial charge on any atom is 0.266 e. The minimum absolute atomic E-state index is 0.000646. The van der Waals surface area contributed by atoms with Crippen LogP contribution in [0.25, 0.3) is 109 Å². The number of benzene rings is 12. The maximum absolute atomic E-state index is 15.1. The molecule has 2 bridgehead atoms. The molecular formula is C81H67N3O2. The fourth-order valence-corrected chi connectivity index (χ4v) is 14.9. The number of hydrogen-bond acceptors (Lipinski definition) is 3. The molecule has 13 aromatic rings. The quantitative estimate of drug-likeness (QED) is 0.103. The lowest BCUT2D eigenvalue weighted by Gasteiger charge is -2.32. The van der Waals surface area contributed by atoms with Crippen LogP contribution in [0.15, 0.2) is 193 Å². The summed E-state index contributed by atoms with van der Waals surface area (Å²) in [6.45, 7) is 27.2. The molecule has 0 unspecified atom stereocenters. The van der Waals surface area contributed by atoms with Crippen LogP contribution in [0.3, 0.4) is 0 Å². The minimum atomic E-state index is -0.278. The topological polar surface area (TPSA) is 56.4 Å². The molecule has 2 amide bonds. The summed E-state index contributed by atoms with van der Waals surface area (Å²) < 4.78 is 0. The third kappa shape index (κ3) is 7.49. The molecule has 0 saturated carbocycles. The van der Waals surface area contributed by atoms with E-state index >= 15 is 9.59 Å². The van der Waals surface area contributed by atoms with Gasteiger partial charge in [-0.3, -0.25) is 9.59 Å². The molecule has 86 heavy (non-hydrogen) atoms. The second-order valence-corrected chi connectivity index (χ2v) is 27.3. The third-order valence-electron chi connectivity index (χ3n) is 19.4. The van der Waals surface area contributed by atoms with E-state index in [1.807, 2.05) is 18.2 Å². The van der Waals surface area contributed by atoms with Gasteiger partial charge >= 0.3 is 0 Å². The fourth-order valence-electron chi connectivity index (χ4n) is 14.9. The first-order valence-electron chi connectivity index (χ1n) is 30.6. The Bertz CT molecular complexity index is 5280. The molecule has 1 N–H and O–H groups in total. The van der Waals surface area contributed by atoms with Crippen LogP contribution in [0.2, 0.25) is 0 Å². The first-order chi connectivity index (χ1) is 41.3. The Labute approximate surface area is 501 Å². The van der Waals surface area contributed by atoms with Crippen LogP contribution in [0.4, 0.5) is 17.1 Å². The van der Waals surface area contributed by atoms with Crippen molar-refractivity contribution >= 4 is 138 Å². The summed E-state index contributed by atoms with van der Waals surface area (Å²) in [6.07, 6.45) is 14.5. The Kier molecular flexibility index (Phi) is 11.0. The predicted molar refractivity (Wildman–Crippen MR) is 366 cm³/mol. The number of fused-ring (bicyclic) bond motifs is 7. The van der Waals surface area contributed by atoms with E-state index in [4.69, 9.17) is 6.58 Å². The van der Waals surface area contributed by atoms with E-state index in [2.05, 4.69) is 243 Å². The highest BCUT2D eigenvalue weighted by molar-refractivity contribution is 6.44. The average Bonchev–Trinajstić information content (AvgIpc) is 1.01. The van der Waals surface area contributed by atoms with E-state index in [1.54, 1.807) is 0 Å². The Morgan fingerprint density at radius 2 is 1.07 bits per heavy atom. The van der Waals surface area contributed by atoms with Crippen molar-refractivity contribution in [3.8, 4) is 0 Å². The Hall–Kier alpha value is -9.58. The fraction of sp³-hybridized carbons (Fsp3) is 0.185. The molecule has 3 aliphatic rings. The van der Waals surface area contributed by atoms with Gasteiger partial charge in [0.15, 0.2) is 0 Å². The molecule has 0 fully saturated rings. The summed E-state index contributed by atoms with van der Waals surface area (Å²) >= 11 is 0. The number of aromatic amines is 1. The van der Waals surface area contributed by atoms with Gasteiger partial charge in [0.05, 0.1) is 17.1 Å². The molecule has 0 saturated heterocycles. The number of amides is 2. The largest absolute Gasteiger partial charge is 0.354 e. The van der Waals surface area contributed by atoms with Crippen molar-refractivity contribution in [2.75, 3.05) is 9.80 Å². The molecule has 2 heterocycles. The van der Waals surface area contributed by atoms with Gasteiger partial charge in [0.2, 0.25) is 0 Å². The highest BCUT2D eigenvalue weighted by atomic mass is 16.2. The van der Waals surface area contributed by atoms with Crippen LogP contribution in [0, 0.1) is 0 Å². The lowest BCUT2D eigenvalue weighted by Crippen LogP contribution is -2.41. The van der Waals surface area contributed by atoms with Crippen molar-refractivity contribution < 1.29 is 9.59 Å². The monoisotopic (exact) mass is 1110 g/mol. The number of aromatic nitrogens is 1. The Morgan fingerprint density at radius 1 is 0.488 bits per heavy atom. The number of anilines is 3. The van der Waals surface area contributed by atoms with E-state index in [9.17, 15) is 0 Å². The van der Waals surface area contributed by atoms with Gasteiger partial charge in [-0.15, -0.1) is 0 Å². The second-order valence-electron chi connectivity index (χ2n) is 27.3. The van der Waals surface area contributed by atoms with Crippen LogP contribution >= 0.6 is 0 Å². The SMILES string of the molecule is C=C1/C=C\c2cc(C(C)(C)C)cc3c2C/C(=C\C=C/1N(c1ccc2c(c1)[nH]c1cc4c5ccc6c7c(ccc(c8cccc(c12)c84)c75)C(=O)N(c1c(C(C)C)cccc1C(C)C)C6=O)c1ccc2ccc4cc(C(C)(C)C)cc5ccc1c2c45)C=C3. The summed E-state index contributed by atoms with van der Waals surface area (Å²) in [5, 5.41) is 17.9. The van der Waals surface area contributed by atoms with Gasteiger partial charge in [-0.05, 0) is 186 Å². The lowest BCUT2D eigenvalue weighted by atomic mass is 9.80. The average molecular weight is 1110 g/mol. The van der Waals surface area contributed by atoms with Gasteiger partial charge in [-0.25, -0.2) is 4.90 Å². The molecule has 5 heteroatoms. The number of allylic oxidation sites excluding steroid dienone is 5. The van der Waals surface area contributed by atoms with Crippen LogP contribution < -0.4 is 9.80 Å². The number of rotatable bonds is 6. The molecule has 0 radical (unpaired) electrons. The first kappa shape index (κ1) is 52.0. The van der Waals surface area contributed by atoms with Gasteiger partial charge in [0, 0.05) is 49.4 Å². The smallest absolute Gasteiger partial charge is 0.266 e. The van der Waals surface area contributed by atoms with Crippen LogP contribution in [-0.4, -0.2) is 16.8 Å². The van der Waals surface area contributed by atoms with E-state index < -0.39 is 0 Å². The van der Waals surface area contributed by atoms with E-state index in [1.165, 1.54) is 70.6 Å². The number of imide groups is 1. The van der Waals surface area contributed by atoms with Gasteiger partial charge in [0.1, 0.15) is 0 Å². The molecule has 418 valence electrons. The van der Waals surface area contributed by atoms with Crippen LogP contribution in [0.5, 0.6) is 0 Å². The molecule has 16 rings (SSSR count). The minimum Gasteiger partial charge on any atom is -0.354 e. The van der Waals surface area contributed by atoms with Gasteiger partial charge < -0.3 is 9.88 Å². The van der Waals surface area contributed by atoms with Crippen molar-refractivity contribution in [2.24, 2.45) is 0 Å². The van der Waals surface area contributed by atoms with E-state index in [0.717, 1.165) is 111 Å². The number of para-hydroxylation sites is 1. The highest BCUT2D eigenvalue weighted by Crippen LogP contribution is 2.51. The molecule has 0 spiro atoms. The molecule has 0 atom stereocenters. The van der Waals surface area contributed by atoms with Crippen molar-refractivity contribution in [1.29, 1.82) is 0 Å². The summed E-state index contributed by atoms with van der Waals surface area (Å²) in [6, 6.07) is 53.6. The Morgan fingerprint density at radius 3 is 1.76 bits per heavy atom. The molecular weight excluding hydrogens is 1050 g/mol.